The van der Waals surface area contributed by atoms with Crippen LogP contribution < -0.4 is 0 Å². The molecule has 2 heteroatoms. The Labute approximate surface area is 125 Å². The maximum absolute atomic E-state index is 11.0. The summed E-state index contributed by atoms with van der Waals surface area (Å²) in [6.45, 7) is 15.0. The Kier molecular flexibility index (Phi) is 4.57. The standard InChI is InChI=1S/C18H35NO/c1-6-11-19(12-7-2)13-10-18-9-8-15(16(18,3)4)14-17(18,5)20/h15,20H,6-14H2,1-5H3/t15-,17-,18+/m0/s1. The first-order chi connectivity index (χ1) is 9.30. The van der Waals surface area contributed by atoms with Gasteiger partial charge in [-0.1, -0.05) is 27.7 Å². The first-order valence-electron chi connectivity index (χ1n) is 8.75. The number of nitrogens with zero attached hydrogens (tertiary/aromatic N) is 1. The van der Waals surface area contributed by atoms with Crippen molar-refractivity contribution in [1.29, 1.82) is 0 Å². The minimum Gasteiger partial charge on any atom is -0.390 e. The lowest BCUT2D eigenvalue weighted by atomic mass is 9.61. The van der Waals surface area contributed by atoms with E-state index < -0.39 is 5.60 Å². The molecule has 2 aliphatic carbocycles. The van der Waals surface area contributed by atoms with Crippen molar-refractivity contribution in [2.24, 2.45) is 16.7 Å². The molecule has 2 saturated carbocycles. The monoisotopic (exact) mass is 281 g/mol. The lowest BCUT2D eigenvalue weighted by molar-refractivity contribution is -0.0949. The normalized spacial score (nSPS) is 38.9. The summed E-state index contributed by atoms with van der Waals surface area (Å²) in [5.41, 5.74) is -0.00544. The third-order valence-corrected chi connectivity index (χ3v) is 6.78. The molecule has 0 unspecified atom stereocenters. The predicted molar refractivity (Wildman–Crippen MR) is 85.8 cm³/mol. The van der Waals surface area contributed by atoms with Gasteiger partial charge in [-0.15, -0.1) is 0 Å². The fraction of sp³-hybridized carbons (Fsp3) is 1.00. The third kappa shape index (κ3) is 2.33. The molecule has 2 aliphatic rings. The zero-order valence-corrected chi connectivity index (χ0v) is 14.3. The van der Waals surface area contributed by atoms with Gasteiger partial charge >= 0.3 is 0 Å². The van der Waals surface area contributed by atoms with Crippen molar-refractivity contribution in [2.75, 3.05) is 19.6 Å². The van der Waals surface area contributed by atoms with E-state index in [0.29, 0.717) is 5.41 Å². The highest BCUT2D eigenvalue weighted by molar-refractivity contribution is 5.18. The minimum atomic E-state index is -0.455. The molecule has 2 nitrogen and oxygen atoms in total. The Morgan fingerprint density at radius 3 is 2.05 bits per heavy atom. The Hall–Kier alpha value is -0.0800. The van der Waals surface area contributed by atoms with Crippen molar-refractivity contribution in [3.8, 4) is 0 Å². The van der Waals surface area contributed by atoms with Crippen molar-refractivity contribution >= 4 is 0 Å². The Balaban J connectivity index is 2.09. The molecule has 0 heterocycles. The van der Waals surface area contributed by atoms with Crippen molar-refractivity contribution in [1.82, 2.24) is 4.90 Å². The Morgan fingerprint density at radius 1 is 1.05 bits per heavy atom. The van der Waals surface area contributed by atoms with Crippen LogP contribution in [0.1, 0.15) is 73.1 Å². The summed E-state index contributed by atoms with van der Waals surface area (Å²) >= 11 is 0. The molecule has 0 aromatic rings. The number of fused-ring (bicyclic) bond motifs is 2. The van der Waals surface area contributed by atoms with Crippen LogP contribution in [0.3, 0.4) is 0 Å². The number of hydrogen-bond donors (Lipinski definition) is 1. The maximum Gasteiger partial charge on any atom is 0.0684 e. The topological polar surface area (TPSA) is 23.5 Å². The molecule has 2 bridgehead atoms. The quantitative estimate of drug-likeness (QED) is 0.760. The van der Waals surface area contributed by atoms with Crippen molar-refractivity contribution in [3.63, 3.8) is 0 Å². The number of hydrogen-bond acceptors (Lipinski definition) is 2. The first-order valence-corrected chi connectivity index (χ1v) is 8.75. The van der Waals surface area contributed by atoms with E-state index >= 15 is 0 Å². The molecule has 0 saturated heterocycles. The van der Waals surface area contributed by atoms with Gasteiger partial charge in [0.2, 0.25) is 0 Å². The van der Waals surface area contributed by atoms with Crippen molar-refractivity contribution in [2.45, 2.75) is 78.7 Å². The number of aliphatic hydroxyl groups is 1. The van der Waals surface area contributed by atoms with Gasteiger partial charge < -0.3 is 10.0 Å². The third-order valence-electron chi connectivity index (χ3n) is 6.78. The second kappa shape index (κ2) is 5.61. The van der Waals surface area contributed by atoms with E-state index in [1.165, 1.54) is 45.2 Å². The molecule has 2 rings (SSSR count). The largest absolute Gasteiger partial charge is 0.390 e. The summed E-state index contributed by atoms with van der Waals surface area (Å²) in [6.07, 6.45) is 7.20. The van der Waals surface area contributed by atoms with Gasteiger partial charge in [-0.3, -0.25) is 0 Å². The highest BCUT2D eigenvalue weighted by Gasteiger charge is 2.68. The molecular formula is C18H35NO. The van der Waals surface area contributed by atoms with E-state index in [1.807, 2.05) is 0 Å². The van der Waals surface area contributed by atoms with Gasteiger partial charge in [0.25, 0.3) is 0 Å². The van der Waals surface area contributed by atoms with Crippen LogP contribution in [0.5, 0.6) is 0 Å². The molecule has 1 N–H and O–H groups in total. The molecule has 0 aliphatic heterocycles. The lowest BCUT2D eigenvalue weighted by Gasteiger charge is -2.47. The molecule has 0 aromatic heterocycles. The van der Waals surface area contributed by atoms with Gasteiger partial charge in [0, 0.05) is 5.41 Å². The van der Waals surface area contributed by atoms with Crippen LogP contribution in [0.15, 0.2) is 0 Å². The van der Waals surface area contributed by atoms with Gasteiger partial charge in [-0.05, 0) is 76.4 Å². The average Bonchev–Trinajstić information content (AvgIpc) is 2.68. The van der Waals surface area contributed by atoms with Crippen molar-refractivity contribution in [3.05, 3.63) is 0 Å². The first kappa shape index (κ1) is 16.3. The number of rotatable bonds is 7. The zero-order chi connectivity index (χ0) is 15.0. The second-order valence-corrected chi connectivity index (χ2v) is 8.11. The van der Waals surface area contributed by atoms with E-state index in [-0.39, 0.29) is 5.41 Å². The zero-order valence-electron chi connectivity index (χ0n) is 14.3. The van der Waals surface area contributed by atoms with Gasteiger partial charge in [0.05, 0.1) is 5.60 Å². The van der Waals surface area contributed by atoms with E-state index in [1.54, 1.807) is 0 Å². The molecule has 0 aromatic carbocycles. The van der Waals surface area contributed by atoms with Crippen LogP contribution in [0.4, 0.5) is 0 Å². The minimum absolute atomic E-state index is 0.143. The van der Waals surface area contributed by atoms with Crippen LogP contribution in [-0.4, -0.2) is 35.2 Å². The van der Waals surface area contributed by atoms with Gasteiger partial charge in [-0.25, -0.2) is 0 Å². The predicted octanol–water partition coefficient (Wildman–Crippen LogP) is 4.08. The molecule has 0 radical (unpaired) electrons. The lowest BCUT2D eigenvalue weighted by Crippen LogP contribution is -2.49. The van der Waals surface area contributed by atoms with Crippen molar-refractivity contribution < 1.29 is 5.11 Å². The molecule has 0 spiro atoms. The highest BCUT2D eigenvalue weighted by Crippen LogP contribution is 2.71. The second-order valence-electron chi connectivity index (χ2n) is 8.11. The summed E-state index contributed by atoms with van der Waals surface area (Å²) < 4.78 is 0. The van der Waals surface area contributed by atoms with E-state index in [2.05, 4.69) is 39.5 Å². The highest BCUT2D eigenvalue weighted by atomic mass is 16.3. The van der Waals surface area contributed by atoms with Crippen LogP contribution in [0.25, 0.3) is 0 Å². The summed E-state index contributed by atoms with van der Waals surface area (Å²) in [4.78, 5) is 2.60. The SMILES string of the molecule is CCCN(CCC)CC[C@@]12CC[C@@H](C[C@]1(C)O)C2(C)C. The average molecular weight is 281 g/mol. The summed E-state index contributed by atoms with van der Waals surface area (Å²) in [6, 6.07) is 0. The fourth-order valence-corrected chi connectivity index (χ4v) is 5.52. The van der Waals surface area contributed by atoms with E-state index in [4.69, 9.17) is 0 Å². The van der Waals surface area contributed by atoms with Crippen LogP contribution in [-0.2, 0) is 0 Å². The maximum atomic E-state index is 11.0. The molecule has 3 atom stereocenters. The van der Waals surface area contributed by atoms with E-state index in [9.17, 15) is 5.11 Å². The molecule has 20 heavy (non-hydrogen) atoms. The van der Waals surface area contributed by atoms with Gasteiger partial charge in [0.15, 0.2) is 0 Å². The fourth-order valence-electron chi connectivity index (χ4n) is 5.52. The summed E-state index contributed by atoms with van der Waals surface area (Å²) in [5, 5.41) is 11.0. The summed E-state index contributed by atoms with van der Waals surface area (Å²) in [7, 11) is 0. The Bertz CT molecular complexity index is 330. The molecule has 0 amide bonds. The molecule has 118 valence electrons. The van der Waals surface area contributed by atoms with E-state index in [0.717, 1.165) is 18.9 Å². The summed E-state index contributed by atoms with van der Waals surface area (Å²) in [5.74, 6) is 0.725. The molecule has 2 fully saturated rings. The Morgan fingerprint density at radius 2 is 1.65 bits per heavy atom. The van der Waals surface area contributed by atoms with Crippen LogP contribution in [0.2, 0.25) is 0 Å². The molecular weight excluding hydrogens is 246 g/mol. The van der Waals surface area contributed by atoms with Crippen LogP contribution in [0, 0.1) is 16.7 Å². The van der Waals surface area contributed by atoms with Gasteiger partial charge in [-0.2, -0.15) is 0 Å². The van der Waals surface area contributed by atoms with Crippen LogP contribution >= 0.6 is 0 Å². The smallest absolute Gasteiger partial charge is 0.0684 e. The van der Waals surface area contributed by atoms with Gasteiger partial charge in [0.1, 0.15) is 0 Å².